The van der Waals surface area contributed by atoms with Crippen molar-refractivity contribution in [3.8, 4) is 0 Å². The first kappa shape index (κ1) is 14.2. The molecule has 0 radical (unpaired) electrons. The molecule has 0 spiro atoms. The Hall–Kier alpha value is -1.82. The summed E-state index contributed by atoms with van der Waals surface area (Å²) < 4.78 is 0. The molecule has 18 heavy (non-hydrogen) atoms. The van der Waals surface area contributed by atoms with Gasteiger partial charge in [0.2, 0.25) is 5.91 Å². The van der Waals surface area contributed by atoms with Gasteiger partial charge in [-0.2, -0.15) is 0 Å². The fourth-order valence-electron chi connectivity index (χ4n) is 1.97. The van der Waals surface area contributed by atoms with Gasteiger partial charge in [-0.1, -0.05) is 0 Å². The second-order valence-electron chi connectivity index (χ2n) is 4.34. The Balaban J connectivity index is 3.10. The summed E-state index contributed by atoms with van der Waals surface area (Å²) in [6, 6.07) is 2.75. The summed E-state index contributed by atoms with van der Waals surface area (Å²) in [5.74, 6) is -1.37. The molecule has 0 fully saturated rings. The predicted octanol–water partition coefficient (Wildman–Crippen LogP) is -0.464. The van der Waals surface area contributed by atoms with Gasteiger partial charge in [-0.3, -0.25) is 9.59 Å². The zero-order valence-corrected chi connectivity index (χ0v) is 10.8. The molecule has 1 aromatic rings. The van der Waals surface area contributed by atoms with E-state index in [0.29, 0.717) is 12.0 Å². The summed E-state index contributed by atoms with van der Waals surface area (Å²) in [6.07, 6.45) is 0.378. The van der Waals surface area contributed by atoms with Crippen molar-refractivity contribution < 1.29 is 14.7 Å². The van der Waals surface area contributed by atoms with Crippen LogP contribution in [0, 0.1) is 13.8 Å². The lowest BCUT2D eigenvalue weighted by Crippen LogP contribution is -2.37. The van der Waals surface area contributed by atoms with Crippen molar-refractivity contribution in [3.63, 3.8) is 0 Å². The highest BCUT2D eigenvalue weighted by molar-refractivity contribution is 6.06. The fraction of sp³-hybridized carbons (Fsp3) is 0.333. The Bertz CT molecular complexity index is 465. The number of hydrogen-bond donors (Lipinski definition) is 3. The molecule has 0 aliphatic rings. The number of carboxylic acids is 1. The second-order valence-corrected chi connectivity index (χ2v) is 4.34. The van der Waals surface area contributed by atoms with E-state index < -0.39 is 17.9 Å². The third-order valence-corrected chi connectivity index (χ3v) is 3.04. The minimum atomic E-state index is -0.893. The average molecular weight is 248 g/mol. The monoisotopic (exact) mass is 248 g/mol. The maximum atomic E-state index is 11.1. The molecule has 1 rings (SSSR count). The smallest absolute Gasteiger partial charge is 0.320 e. The summed E-state index contributed by atoms with van der Waals surface area (Å²) in [7, 11) is 1.61. The Morgan fingerprint density at radius 2 is 1.89 bits per heavy atom. The molecule has 0 aliphatic carbocycles. The first-order valence-corrected chi connectivity index (χ1v) is 5.66. The Morgan fingerprint density at radius 3 is 2.22 bits per heavy atom. The van der Waals surface area contributed by atoms with E-state index in [9.17, 15) is 9.59 Å². The van der Waals surface area contributed by atoms with Crippen LogP contribution in [0.5, 0.6) is 0 Å². The number of aliphatic carboxylic acids is 1. The van der Waals surface area contributed by atoms with Crippen LogP contribution in [0.2, 0.25) is 0 Å². The van der Waals surface area contributed by atoms with Crippen molar-refractivity contribution in [1.29, 1.82) is 0 Å². The lowest BCUT2D eigenvalue weighted by molar-refractivity contribution is -0.138. The third-order valence-electron chi connectivity index (χ3n) is 3.04. The molecule has 1 atom stereocenters. The van der Waals surface area contributed by atoms with Crippen molar-refractivity contribution in [1.82, 2.24) is 5.23 Å². The molecule has 0 saturated carbocycles. The number of carbonyl (C=O) groups excluding carboxylic acids is 1. The number of rotatable bonds is 5. The molecule has 6 heteroatoms. The van der Waals surface area contributed by atoms with Gasteiger partial charge < -0.3 is 16.1 Å². The van der Waals surface area contributed by atoms with Crippen molar-refractivity contribution in [3.05, 3.63) is 34.4 Å². The van der Waals surface area contributed by atoms with Crippen LogP contribution in [0.25, 0.3) is 0 Å². The molecule has 4 N–H and O–H groups in total. The van der Waals surface area contributed by atoms with Crippen molar-refractivity contribution >= 4 is 19.9 Å². The van der Waals surface area contributed by atoms with Crippen LogP contribution in [0.3, 0.4) is 0 Å². The molecule has 0 heterocycles. The van der Waals surface area contributed by atoms with Gasteiger partial charge in [0.15, 0.2) is 7.98 Å². The van der Waals surface area contributed by atoms with E-state index >= 15 is 0 Å². The number of carbonyl (C=O) groups is 2. The lowest BCUT2D eigenvalue weighted by Gasteiger charge is -2.16. The Labute approximate surface area is 107 Å². The van der Waals surface area contributed by atoms with E-state index in [0.717, 1.165) is 16.7 Å². The SMILES string of the molecule is BNC(Cc1c(C)cc(C(N)=O)cc1C)C(=O)O. The molecule has 0 bridgehead atoms. The molecule has 1 amide bonds. The third kappa shape index (κ3) is 3.10. The molecule has 0 aliphatic heterocycles. The van der Waals surface area contributed by atoms with Crippen molar-refractivity contribution in [2.75, 3.05) is 0 Å². The van der Waals surface area contributed by atoms with Crippen LogP contribution in [-0.4, -0.2) is 31.0 Å². The van der Waals surface area contributed by atoms with E-state index in [2.05, 4.69) is 5.23 Å². The number of amides is 1. The second kappa shape index (κ2) is 5.68. The van der Waals surface area contributed by atoms with Crippen LogP contribution in [0.15, 0.2) is 12.1 Å². The van der Waals surface area contributed by atoms with Crippen LogP contribution in [0.1, 0.15) is 27.0 Å². The average Bonchev–Trinajstić information content (AvgIpc) is 2.27. The van der Waals surface area contributed by atoms with Gasteiger partial charge in [-0.25, -0.2) is 0 Å². The topological polar surface area (TPSA) is 92.4 Å². The van der Waals surface area contributed by atoms with E-state index in [1.54, 1.807) is 20.1 Å². The van der Waals surface area contributed by atoms with Gasteiger partial charge in [-0.15, -0.1) is 0 Å². The molecular weight excluding hydrogens is 231 g/mol. The van der Waals surface area contributed by atoms with E-state index in [1.807, 2.05) is 13.8 Å². The first-order chi connectivity index (χ1) is 8.36. The number of carboxylic acid groups (broad SMARTS) is 1. The van der Waals surface area contributed by atoms with Gasteiger partial charge in [0, 0.05) is 5.56 Å². The lowest BCUT2D eigenvalue weighted by atomic mass is 9.93. The highest BCUT2D eigenvalue weighted by atomic mass is 16.4. The minimum Gasteiger partial charge on any atom is -0.480 e. The van der Waals surface area contributed by atoms with Crippen LogP contribution < -0.4 is 11.0 Å². The van der Waals surface area contributed by atoms with Crippen molar-refractivity contribution in [2.24, 2.45) is 5.73 Å². The van der Waals surface area contributed by atoms with Gasteiger partial charge in [0.1, 0.15) is 0 Å². The first-order valence-electron chi connectivity index (χ1n) is 5.66. The normalized spacial score (nSPS) is 12.1. The maximum absolute atomic E-state index is 11.1. The summed E-state index contributed by atoms with van der Waals surface area (Å²) in [6.45, 7) is 3.70. The van der Waals surface area contributed by atoms with Gasteiger partial charge in [-0.05, 0) is 49.1 Å². The number of hydrogen-bond acceptors (Lipinski definition) is 3. The molecule has 5 nitrogen and oxygen atoms in total. The highest BCUT2D eigenvalue weighted by Gasteiger charge is 2.18. The largest absolute Gasteiger partial charge is 0.480 e. The van der Waals surface area contributed by atoms with E-state index in [-0.39, 0.29) is 0 Å². The van der Waals surface area contributed by atoms with Crippen molar-refractivity contribution in [2.45, 2.75) is 26.3 Å². The Morgan fingerprint density at radius 1 is 1.39 bits per heavy atom. The van der Waals surface area contributed by atoms with E-state index in [4.69, 9.17) is 10.8 Å². The summed E-state index contributed by atoms with van der Waals surface area (Å²) in [5, 5.41) is 11.8. The standard InChI is InChI=1S/C12H17BN2O3/c1-6-3-8(11(14)16)4-7(2)9(6)5-10(15-13)12(17)18/h3-4,10,15H,5,13H2,1-2H3,(H2,14,16)(H,17,18). The molecule has 0 aromatic heterocycles. The van der Waals surface area contributed by atoms with Crippen LogP contribution >= 0.6 is 0 Å². The summed E-state index contributed by atoms with van der Waals surface area (Å²) in [5.41, 5.74) is 8.37. The molecule has 1 unspecified atom stereocenters. The quantitative estimate of drug-likeness (QED) is 0.614. The number of benzene rings is 1. The summed E-state index contributed by atoms with van der Waals surface area (Å²) in [4.78, 5) is 22.1. The van der Waals surface area contributed by atoms with Gasteiger partial charge in [0.25, 0.3) is 0 Å². The number of aryl methyl sites for hydroxylation is 2. The molecule has 0 saturated heterocycles. The summed E-state index contributed by atoms with van der Waals surface area (Å²) >= 11 is 0. The zero-order chi connectivity index (χ0) is 13.9. The Kier molecular flexibility index (Phi) is 4.50. The highest BCUT2D eigenvalue weighted by Crippen LogP contribution is 2.18. The van der Waals surface area contributed by atoms with Crippen LogP contribution in [-0.2, 0) is 11.2 Å². The number of primary amides is 1. The predicted molar refractivity (Wildman–Crippen MR) is 71.2 cm³/mol. The number of nitrogens with two attached hydrogens (primary N) is 1. The molecule has 96 valence electrons. The van der Waals surface area contributed by atoms with Crippen LogP contribution in [0.4, 0.5) is 0 Å². The zero-order valence-electron chi connectivity index (χ0n) is 10.8. The maximum Gasteiger partial charge on any atom is 0.320 e. The fourth-order valence-corrected chi connectivity index (χ4v) is 1.97. The van der Waals surface area contributed by atoms with E-state index in [1.165, 1.54) is 0 Å². The van der Waals surface area contributed by atoms with Gasteiger partial charge in [0.05, 0.1) is 6.04 Å². The molecule has 1 aromatic carbocycles. The molecular formula is C12H17BN2O3. The number of nitrogens with one attached hydrogen (secondary N) is 1. The van der Waals surface area contributed by atoms with Gasteiger partial charge >= 0.3 is 5.97 Å². The minimum absolute atomic E-state index is 0.378.